The van der Waals surface area contributed by atoms with Gasteiger partial charge in [0.2, 0.25) is 0 Å². The number of aliphatic hydroxyl groups excluding tert-OH is 10. The lowest BCUT2D eigenvalue weighted by molar-refractivity contribution is -0.380. The van der Waals surface area contributed by atoms with Gasteiger partial charge < -0.3 is 89.7 Å². The summed E-state index contributed by atoms with van der Waals surface area (Å²) in [6.07, 6.45) is -17.9. The Balaban J connectivity index is 1.08. The lowest BCUT2D eigenvalue weighted by Gasteiger charge is -2.61. The Bertz CT molecular complexity index is 1750. The van der Waals surface area contributed by atoms with Crippen molar-refractivity contribution in [2.45, 2.75) is 203 Å². The number of ether oxygens (including phenoxy) is 6. The van der Waals surface area contributed by atoms with Crippen molar-refractivity contribution in [3.63, 3.8) is 0 Å². The Morgan fingerprint density at radius 2 is 1.38 bits per heavy atom. The molecule has 5 fully saturated rings. The normalized spacial score (nSPS) is 49.9. The van der Waals surface area contributed by atoms with E-state index < -0.39 is 152 Å². The van der Waals surface area contributed by atoms with Gasteiger partial charge in [-0.25, -0.2) is 0 Å². The summed E-state index contributed by atoms with van der Waals surface area (Å²) in [6.45, 7) is 9.95. The fourth-order valence-electron chi connectivity index (χ4n) is 13.4. The molecule has 65 heavy (non-hydrogen) atoms. The third kappa shape index (κ3) is 8.59. The number of carboxylic acid groups (broad SMARTS) is 1. The fraction of sp³-hybridized carbons (Fsp3) is 0.891. The molecule has 23 atom stereocenters. The summed E-state index contributed by atoms with van der Waals surface area (Å²) in [5, 5.41) is 130. The molecule has 3 heterocycles. The van der Waals surface area contributed by atoms with Crippen LogP contribution in [0.1, 0.15) is 99.3 Å². The topological polar surface area (TPSA) is 315 Å². The average Bonchev–Trinajstić information content (AvgIpc) is 3.59. The van der Waals surface area contributed by atoms with Crippen molar-refractivity contribution >= 4 is 5.97 Å². The second kappa shape index (κ2) is 19.2. The van der Waals surface area contributed by atoms with Gasteiger partial charge in [0, 0.05) is 0 Å². The first-order valence-electron chi connectivity index (χ1n) is 23.4. The first-order valence-corrected chi connectivity index (χ1v) is 23.4. The molecule has 0 bridgehead atoms. The molecule has 7 rings (SSSR count). The van der Waals surface area contributed by atoms with Crippen LogP contribution in [0.15, 0.2) is 22.8 Å². The number of rotatable bonds is 13. The van der Waals surface area contributed by atoms with Crippen LogP contribution in [0.25, 0.3) is 0 Å². The minimum Gasteiger partial charge on any atom is -0.481 e. The molecule has 1 unspecified atom stereocenters. The number of carboxylic acids is 1. The quantitative estimate of drug-likeness (QED) is 0.102. The van der Waals surface area contributed by atoms with Crippen molar-refractivity contribution < 1.29 is 94.5 Å². The van der Waals surface area contributed by atoms with Gasteiger partial charge in [-0.15, -0.1) is 0 Å². The van der Waals surface area contributed by atoms with Gasteiger partial charge in [-0.05, 0) is 107 Å². The maximum atomic E-state index is 13.8. The van der Waals surface area contributed by atoms with Crippen molar-refractivity contribution in [2.24, 2.45) is 34.0 Å². The van der Waals surface area contributed by atoms with Gasteiger partial charge in [0.15, 0.2) is 18.9 Å². The summed E-state index contributed by atoms with van der Waals surface area (Å²) >= 11 is 0. The van der Waals surface area contributed by atoms with E-state index in [4.69, 9.17) is 28.4 Å². The molecule has 7 aliphatic rings. The number of carbonyl (C=O) groups is 1. The molecule has 0 radical (unpaired) electrons. The van der Waals surface area contributed by atoms with Crippen molar-refractivity contribution in [3.8, 4) is 0 Å². The minimum absolute atomic E-state index is 0.0112. The summed E-state index contributed by atoms with van der Waals surface area (Å²) in [6, 6.07) is 0. The van der Waals surface area contributed by atoms with Crippen LogP contribution in [0.2, 0.25) is 0 Å². The second-order valence-corrected chi connectivity index (χ2v) is 20.9. The largest absolute Gasteiger partial charge is 0.481 e. The highest BCUT2D eigenvalue weighted by Crippen LogP contribution is 2.72. The highest BCUT2D eigenvalue weighted by atomic mass is 16.8. The molecule has 0 aromatic heterocycles. The zero-order valence-corrected chi connectivity index (χ0v) is 38.3. The van der Waals surface area contributed by atoms with Crippen LogP contribution in [0.4, 0.5) is 0 Å². The highest BCUT2D eigenvalue weighted by molar-refractivity contribution is 5.82. The fourth-order valence-corrected chi connectivity index (χ4v) is 13.4. The van der Waals surface area contributed by atoms with Crippen LogP contribution in [-0.2, 0) is 33.2 Å². The Labute approximate surface area is 379 Å². The zero-order chi connectivity index (χ0) is 47.7. The lowest BCUT2D eigenvalue weighted by atomic mass is 9.44. The van der Waals surface area contributed by atoms with Gasteiger partial charge in [-0.2, -0.15) is 0 Å². The number of hydrogen-bond acceptors (Lipinski definition) is 18. The summed E-state index contributed by atoms with van der Waals surface area (Å²) in [5.74, 6) is -1.38. The van der Waals surface area contributed by atoms with Crippen molar-refractivity contribution in [1.82, 2.24) is 0 Å². The van der Waals surface area contributed by atoms with Crippen LogP contribution in [-0.4, -0.2) is 191 Å². The van der Waals surface area contributed by atoms with Crippen molar-refractivity contribution in [2.75, 3.05) is 19.8 Å². The number of hydrogen-bond donors (Lipinski definition) is 12. The maximum absolute atomic E-state index is 13.8. The SMILES string of the molecule is CC(C)=CCC(O)[C@@H](C)[C@H]1CC[C@@]2(C(=O)O)C3=C(CC[C@]12C)[C@@]1(C)CC[C@H](O[C@@H]2O[C@H](CO)[C@H](O)[C@H](O)[C@H]2O[C@@H]2OC[C@H](O[C@@H]4O[C@H](CO)[C@H](O)[C@H](O)[C@H]4O)[C@H](O)[C@H]2O)[C@](C)(O)[C@@H]1CC3. The van der Waals surface area contributed by atoms with Gasteiger partial charge in [-0.1, -0.05) is 43.6 Å². The smallest absolute Gasteiger partial charge is 0.314 e. The van der Waals surface area contributed by atoms with Gasteiger partial charge >= 0.3 is 5.97 Å². The molecular formula is C46H74O19. The monoisotopic (exact) mass is 930 g/mol. The summed E-state index contributed by atoms with van der Waals surface area (Å²) < 4.78 is 35.2. The molecule has 0 spiro atoms. The lowest BCUT2D eigenvalue weighted by Crippen LogP contribution is -2.66. The van der Waals surface area contributed by atoms with Gasteiger partial charge in [-0.3, -0.25) is 4.79 Å². The summed E-state index contributed by atoms with van der Waals surface area (Å²) in [5.41, 5.74) is -0.752. The van der Waals surface area contributed by atoms with Crippen LogP contribution in [0.5, 0.6) is 0 Å². The van der Waals surface area contributed by atoms with Crippen LogP contribution in [0.3, 0.4) is 0 Å². The highest BCUT2D eigenvalue weighted by Gasteiger charge is 2.69. The Morgan fingerprint density at radius 3 is 2.02 bits per heavy atom. The van der Waals surface area contributed by atoms with E-state index in [0.29, 0.717) is 51.4 Å². The number of aliphatic hydroxyl groups is 11. The van der Waals surface area contributed by atoms with E-state index in [2.05, 4.69) is 13.8 Å². The Hall–Kier alpha value is -1.73. The molecule has 19 heteroatoms. The molecule has 0 aromatic carbocycles. The molecule has 0 amide bonds. The Morgan fingerprint density at radius 1 is 0.754 bits per heavy atom. The molecule has 0 aromatic rings. The summed E-state index contributed by atoms with van der Waals surface area (Å²) in [4.78, 5) is 13.8. The van der Waals surface area contributed by atoms with E-state index in [9.17, 15) is 66.1 Å². The maximum Gasteiger partial charge on any atom is 0.314 e. The molecule has 2 saturated carbocycles. The third-order valence-electron chi connectivity index (χ3n) is 17.2. The molecule has 3 aliphatic heterocycles. The van der Waals surface area contributed by atoms with Gasteiger partial charge in [0.05, 0.1) is 43.0 Å². The first-order chi connectivity index (χ1) is 30.5. The zero-order valence-electron chi connectivity index (χ0n) is 38.3. The minimum atomic E-state index is -1.89. The molecule has 19 nitrogen and oxygen atoms in total. The predicted molar refractivity (Wildman–Crippen MR) is 225 cm³/mol. The van der Waals surface area contributed by atoms with Crippen LogP contribution >= 0.6 is 0 Å². The standard InChI is InChI=1S/C46H74O19/c1-20(2)7-9-25(49)21(3)22-12-16-46(42(57)58)24-8-10-29-43(4,23(24)11-15-44(22,46)5)14-13-30(45(29,6)59)64-41-38(35(54)32(51)27(18-48)62-41)65-39-36(55)33(52)28(19-60-39)63-40-37(56)34(53)31(50)26(17-47)61-40/h7,21-22,25-41,47-56,59H,8-19H2,1-6H3,(H,57,58)/t21-,22+,25?,26+,27+,28-,29+,30-,31-,32-,33-,34-,35-,36+,37+,38+,39-,40-,41-,43+,44+,45+,46-/m0/s1. The van der Waals surface area contributed by atoms with E-state index in [1.807, 2.05) is 26.8 Å². The van der Waals surface area contributed by atoms with E-state index in [0.717, 1.165) is 16.7 Å². The van der Waals surface area contributed by atoms with E-state index in [-0.39, 0.29) is 18.3 Å². The van der Waals surface area contributed by atoms with Crippen molar-refractivity contribution in [1.29, 1.82) is 0 Å². The van der Waals surface area contributed by atoms with Crippen molar-refractivity contribution in [3.05, 3.63) is 22.8 Å². The third-order valence-corrected chi connectivity index (χ3v) is 17.2. The van der Waals surface area contributed by atoms with Crippen LogP contribution < -0.4 is 0 Å². The van der Waals surface area contributed by atoms with E-state index in [1.54, 1.807) is 6.92 Å². The van der Waals surface area contributed by atoms with Gasteiger partial charge in [0.25, 0.3) is 0 Å². The number of fused-ring (bicyclic) bond motifs is 4. The molecular weight excluding hydrogens is 856 g/mol. The van der Waals surface area contributed by atoms with Gasteiger partial charge in [0.1, 0.15) is 67.1 Å². The summed E-state index contributed by atoms with van der Waals surface area (Å²) in [7, 11) is 0. The number of aliphatic carboxylic acids is 1. The number of allylic oxidation sites excluding steroid dienone is 2. The molecule has 372 valence electrons. The Kier molecular flexibility index (Phi) is 15.1. The molecule has 3 saturated heterocycles. The molecule has 12 N–H and O–H groups in total. The first kappa shape index (κ1) is 51.1. The van der Waals surface area contributed by atoms with E-state index in [1.165, 1.54) is 0 Å². The van der Waals surface area contributed by atoms with E-state index >= 15 is 0 Å². The second-order valence-electron chi connectivity index (χ2n) is 20.9. The van der Waals surface area contributed by atoms with Crippen LogP contribution in [0, 0.1) is 34.0 Å². The predicted octanol–water partition coefficient (Wildman–Crippen LogP) is -0.649. The molecule has 4 aliphatic carbocycles. The average molecular weight is 931 g/mol.